The van der Waals surface area contributed by atoms with E-state index < -0.39 is 0 Å². The van der Waals surface area contributed by atoms with E-state index in [1.54, 1.807) is 6.26 Å². The van der Waals surface area contributed by atoms with Gasteiger partial charge in [-0.1, -0.05) is 6.92 Å². The summed E-state index contributed by atoms with van der Waals surface area (Å²) in [6.07, 6.45) is 5.76. The summed E-state index contributed by atoms with van der Waals surface area (Å²) < 4.78 is 5.38. The molecule has 0 spiro atoms. The van der Waals surface area contributed by atoms with Crippen molar-refractivity contribution < 1.29 is 4.42 Å². The fourth-order valence-electron chi connectivity index (χ4n) is 2.03. The van der Waals surface area contributed by atoms with Crippen LogP contribution < -0.4 is 5.32 Å². The largest absolute Gasteiger partial charge is 0.468 e. The van der Waals surface area contributed by atoms with Gasteiger partial charge < -0.3 is 9.73 Å². The second-order valence-corrected chi connectivity index (χ2v) is 4.26. The molecule has 1 unspecified atom stereocenters. The van der Waals surface area contributed by atoms with Crippen LogP contribution in [0.1, 0.15) is 44.9 Å². The second kappa shape index (κ2) is 4.18. The van der Waals surface area contributed by atoms with Gasteiger partial charge in [-0.25, -0.2) is 0 Å². The Hall–Kier alpha value is -0.760. The van der Waals surface area contributed by atoms with Crippen LogP contribution in [-0.4, -0.2) is 6.04 Å². The number of furan rings is 1. The molecule has 78 valence electrons. The summed E-state index contributed by atoms with van der Waals surface area (Å²) >= 11 is 0. The van der Waals surface area contributed by atoms with E-state index in [1.807, 2.05) is 12.1 Å². The Morgan fingerprint density at radius 1 is 1.57 bits per heavy atom. The van der Waals surface area contributed by atoms with Crippen molar-refractivity contribution in [1.82, 2.24) is 5.32 Å². The Kier molecular flexibility index (Phi) is 2.92. The summed E-state index contributed by atoms with van der Waals surface area (Å²) in [6, 6.07) is 5.01. The molecule has 2 heteroatoms. The third-order valence-corrected chi connectivity index (χ3v) is 3.06. The monoisotopic (exact) mass is 193 g/mol. The predicted octanol–water partition coefficient (Wildman–Crippen LogP) is 3.12. The summed E-state index contributed by atoms with van der Waals surface area (Å²) in [6.45, 7) is 4.43. The summed E-state index contributed by atoms with van der Waals surface area (Å²) in [5.41, 5.74) is 0. The predicted molar refractivity (Wildman–Crippen MR) is 57.1 cm³/mol. The van der Waals surface area contributed by atoms with Crippen LogP contribution in [0.3, 0.4) is 0 Å². The summed E-state index contributed by atoms with van der Waals surface area (Å²) in [4.78, 5) is 0. The summed E-state index contributed by atoms with van der Waals surface area (Å²) in [7, 11) is 0. The van der Waals surface area contributed by atoms with Crippen LogP contribution in [0.4, 0.5) is 0 Å². The maximum absolute atomic E-state index is 5.38. The molecule has 1 heterocycles. The average molecular weight is 193 g/mol. The molecule has 2 rings (SSSR count). The Morgan fingerprint density at radius 3 is 2.86 bits per heavy atom. The zero-order valence-corrected chi connectivity index (χ0v) is 8.99. The second-order valence-electron chi connectivity index (χ2n) is 4.26. The molecule has 0 radical (unpaired) electrons. The van der Waals surface area contributed by atoms with Crippen molar-refractivity contribution in [3.8, 4) is 0 Å². The minimum Gasteiger partial charge on any atom is -0.468 e. The lowest BCUT2D eigenvalue weighted by Crippen LogP contribution is -2.32. The first-order chi connectivity index (χ1) is 6.81. The molecule has 0 saturated heterocycles. The maximum Gasteiger partial charge on any atom is 0.120 e. The van der Waals surface area contributed by atoms with E-state index >= 15 is 0 Å². The van der Waals surface area contributed by atoms with Crippen LogP contribution in [0.5, 0.6) is 0 Å². The van der Waals surface area contributed by atoms with Crippen molar-refractivity contribution in [2.24, 2.45) is 5.92 Å². The molecular formula is C12H19NO. The highest BCUT2D eigenvalue weighted by atomic mass is 16.3. The summed E-state index contributed by atoms with van der Waals surface area (Å²) in [5, 5.41) is 3.64. The van der Waals surface area contributed by atoms with Gasteiger partial charge >= 0.3 is 0 Å². The van der Waals surface area contributed by atoms with Crippen molar-refractivity contribution in [2.45, 2.75) is 45.2 Å². The van der Waals surface area contributed by atoms with Gasteiger partial charge in [-0.3, -0.25) is 0 Å². The quantitative estimate of drug-likeness (QED) is 0.777. The Balaban J connectivity index is 1.89. The van der Waals surface area contributed by atoms with Gasteiger partial charge in [0.25, 0.3) is 0 Å². The third kappa shape index (κ3) is 2.18. The van der Waals surface area contributed by atoms with Crippen LogP contribution in [0.2, 0.25) is 0 Å². The van der Waals surface area contributed by atoms with Gasteiger partial charge in [0.1, 0.15) is 5.76 Å². The molecule has 0 aliphatic heterocycles. The fraction of sp³-hybridized carbons (Fsp3) is 0.667. The molecule has 1 fully saturated rings. The molecule has 1 saturated carbocycles. The normalized spacial score (nSPS) is 20.7. The molecule has 0 bridgehead atoms. The maximum atomic E-state index is 5.38. The van der Waals surface area contributed by atoms with E-state index in [9.17, 15) is 0 Å². The smallest absolute Gasteiger partial charge is 0.120 e. The SMILES string of the molecule is CCC(N[C@@H](C)c1ccco1)C1CC1. The Labute approximate surface area is 85.7 Å². The molecule has 1 aliphatic carbocycles. The molecule has 2 atom stereocenters. The standard InChI is InChI=1S/C12H19NO/c1-3-11(10-6-7-10)13-9(2)12-5-4-8-14-12/h4-5,8-11,13H,3,6-7H2,1-2H3/t9-,11?/m0/s1. The van der Waals surface area contributed by atoms with Crippen molar-refractivity contribution >= 4 is 0 Å². The first kappa shape index (κ1) is 9.78. The lowest BCUT2D eigenvalue weighted by atomic mass is 10.1. The van der Waals surface area contributed by atoms with Crippen LogP contribution in [0.15, 0.2) is 22.8 Å². The third-order valence-electron chi connectivity index (χ3n) is 3.06. The van der Waals surface area contributed by atoms with Crippen LogP contribution in [0.25, 0.3) is 0 Å². The topological polar surface area (TPSA) is 25.2 Å². The van der Waals surface area contributed by atoms with Gasteiger partial charge in [0.05, 0.1) is 12.3 Å². The highest BCUT2D eigenvalue weighted by Crippen LogP contribution is 2.35. The Bertz CT molecular complexity index is 264. The van der Waals surface area contributed by atoms with Gasteiger partial charge in [-0.2, -0.15) is 0 Å². The average Bonchev–Trinajstić information content (AvgIpc) is 2.88. The lowest BCUT2D eigenvalue weighted by molar-refractivity contribution is 0.360. The summed E-state index contributed by atoms with van der Waals surface area (Å²) in [5.74, 6) is 1.96. The van der Waals surface area contributed by atoms with E-state index in [2.05, 4.69) is 19.2 Å². The first-order valence-electron chi connectivity index (χ1n) is 5.60. The van der Waals surface area contributed by atoms with Crippen LogP contribution >= 0.6 is 0 Å². The minimum absolute atomic E-state index is 0.343. The lowest BCUT2D eigenvalue weighted by Gasteiger charge is -2.20. The van der Waals surface area contributed by atoms with Crippen molar-refractivity contribution in [2.75, 3.05) is 0 Å². The van der Waals surface area contributed by atoms with Gasteiger partial charge in [-0.05, 0) is 44.2 Å². The molecule has 0 aromatic carbocycles. The van der Waals surface area contributed by atoms with E-state index in [0.29, 0.717) is 12.1 Å². The Morgan fingerprint density at radius 2 is 2.36 bits per heavy atom. The zero-order valence-electron chi connectivity index (χ0n) is 8.99. The molecule has 2 nitrogen and oxygen atoms in total. The van der Waals surface area contributed by atoms with E-state index in [-0.39, 0.29) is 0 Å². The van der Waals surface area contributed by atoms with Gasteiger partial charge in [0.2, 0.25) is 0 Å². The van der Waals surface area contributed by atoms with E-state index in [4.69, 9.17) is 4.42 Å². The van der Waals surface area contributed by atoms with E-state index in [0.717, 1.165) is 11.7 Å². The van der Waals surface area contributed by atoms with E-state index in [1.165, 1.54) is 19.3 Å². The van der Waals surface area contributed by atoms with Gasteiger partial charge in [-0.15, -0.1) is 0 Å². The number of rotatable bonds is 5. The zero-order chi connectivity index (χ0) is 9.97. The highest BCUT2D eigenvalue weighted by molar-refractivity contribution is 5.04. The molecular weight excluding hydrogens is 174 g/mol. The molecule has 1 N–H and O–H groups in total. The van der Waals surface area contributed by atoms with Gasteiger partial charge in [0.15, 0.2) is 0 Å². The van der Waals surface area contributed by atoms with Crippen LogP contribution in [0, 0.1) is 5.92 Å². The molecule has 1 aromatic heterocycles. The van der Waals surface area contributed by atoms with Crippen LogP contribution in [-0.2, 0) is 0 Å². The minimum atomic E-state index is 0.343. The first-order valence-corrected chi connectivity index (χ1v) is 5.60. The van der Waals surface area contributed by atoms with Gasteiger partial charge in [0, 0.05) is 6.04 Å². The van der Waals surface area contributed by atoms with Crippen molar-refractivity contribution in [3.05, 3.63) is 24.2 Å². The molecule has 14 heavy (non-hydrogen) atoms. The van der Waals surface area contributed by atoms with Crippen molar-refractivity contribution in [3.63, 3.8) is 0 Å². The fourth-order valence-corrected chi connectivity index (χ4v) is 2.03. The number of hydrogen-bond donors (Lipinski definition) is 1. The van der Waals surface area contributed by atoms with Crippen molar-refractivity contribution in [1.29, 1.82) is 0 Å². The number of nitrogens with one attached hydrogen (secondary N) is 1. The molecule has 1 aliphatic rings. The molecule has 0 amide bonds. The number of hydrogen-bond acceptors (Lipinski definition) is 2. The molecule has 1 aromatic rings. The highest BCUT2D eigenvalue weighted by Gasteiger charge is 2.30.